The number of rotatable bonds is 4. The van der Waals surface area contributed by atoms with Crippen molar-refractivity contribution in [3.05, 3.63) is 40.4 Å². The molecule has 0 heterocycles. The fourth-order valence-electron chi connectivity index (χ4n) is 1.13. The van der Waals surface area contributed by atoms with E-state index in [-0.39, 0.29) is 12.5 Å². The van der Waals surface area contributed by atoms with Crippen LogP contribution in [0.15, 0.2) is 34.8 Å². The summed E-state index contributed by atoms with van der Waals surface area (Å²) in [5.74, 6) is -0.114. The summed E-state index contributed by atoms with van der Waals surface area (Å²) >= 11 is 3.34. The number of carbonyl (C=O) groups excluding carboxylic acids is 1. The average Bonchev–Trinajstić information content (AvgIpc) is 2.28. The van der Waals surface area contributed by atoms with Crippen molar-refractivity contribution >= 4 is 27.9 Å². The number of benzene rings is 1. The van der Waals surface area contributed by atoms with Gasteiger partial charge in [-0.3, -0.25) is 4.79 Å². The number of hydrogen-bond acceptors (Lipinski definition) is 2. The van der Waals surface area contributed by atoms with Crippen LogP contribution in [0.5, 0.6) is 0 Å². The second kappa shape index (κ2) is 6.45. The van der Waals surface area contributed by atoms with E-state index in [1.54, 1.807) is 13.1 Å². The Morgan fingerprint density at radius 1 is 1.44 bits per heavy atom. The second-order valence-corrected chi connectivity index (χ2v) is 4.28. The van der Waals surface area contributed by atoms with Crippen molar-refractivity contribution in [2.24, 2.45) is 0 Å². The predicted molar refractivity (Wildman–Crippen MR) is 67.9 cm³/mol. The zero-order valence-corrected chi connectivity index (χ0v) is 10.6. The third-order valence-electron chi connectivity index (χ3n) is 2.10. The maximum absolute atomic E-state index is 11.5. The Labute approximate surface area is 104 Å². The van der Waals surface area contributed by atoms with Crippen molar-refractivity contribution in [2.45, 2.75) is 0 Å². The summed E-state index contributed by atoms with van der Waals surface area (Å²) in [5, 5.41) is 8.68. The quantitative estimate of drug-likeness (QED) is 0.858. The van der Waals surface area contributed by atoms with Gasteiger partial charge in [-0.15, -0.1) is 0 Å². The van der Waals surface area contributed by atoms with E-state index in [1.165, 1.54) is 11.0 Å². The molecule has 86 valence electrons. The monoisotopic (exact) mass is 283 g/mol. The van der Waals surface area contributed by atoms with Gasteiger partial charge in [-0.2, -0.15) is 0 Å². The number of aliphatic hydroxyl groups is 1. The van der Waals surface area contributed by atoms with Gasteiger partial charge in [0.2, 0.25) is 5.91 Å². The minimum absolute atomic E-state index is 0.0195. The second-order valence-electron chi connectivity index (χ2n) is 3.37. The highest BCUT2D eigenvalue weighted by Crippen LogP contribution is 2.11. The van der Waals surface area contributed by atoms with Gasteiger partial charge in [0.05, 0.1) is 6.61 Å². The van der Waals surface area contributed by atoms with Gasteiger partial charge in [-0.1, -0.05) is 28.1 Å². The van der Waals surface area contributed by atoms with Crippen LogP contribution in [0.2, 0.25) is 0 Å². The van der Waals surface area contributed by atoms with Crippen molar-refractivity contribution < 1.29 is 9.90 Å². The van der Waals surface area contributed by atoms with Crippen molar-refractivity contribution in [3.8, 4) is 0 Å². The van der Waals surface area contributed by atoms with Gasteiger partial charge in [0.1, 0.15) is 0 Å². The first-order chi connectivity index (χ1) is 7.63. The molecule has 0 aliphatic heterocycles. The van der Waals surface area contributed by atoms with Crippen LogP contribution >= 0.6 is 15.9 Å². The van der Waals surface area contributed by atoms with Gasteiger partial charge >= 0.3 is 0 Å². The van der Waals surface area contributed by atoms with Gasteiger partial charge in [0.15, 0.2) is 0 Å². The first kappa shape index (κ1) is 12.9. The van der Waals surface area contributed by atoms with Crippen LogP contribution < -0.4 is 0 Å². The number of carbonyl (C=O) groups is 1. The largest absolute Gasteiger partial charge is 0.395 e. The minimum Gasteiger partial charge on any atom is -0.395 e. The maximum Gasteiger partial charge on any atom is 0.246 e. The molecule has 1 amide bonds. The van der Waals surface area contributed by atoms with E-state index in [1.807, 2.05) is 24.3 Å². The molecule has 0 atom stereocenters. The molecule has 3 nitrogen and oxygen atoms in total. The molecule has 0 spiro atoms. The Morgan fingerprint density at radius 3 is 2.62 bits per heavy atom. The Morgan fingerprint density at radius 2 is 2.06 bits per heavy atom. The highest BCUT2D eigenvalue weighted by molar-refractivity contribution is 9.10. The normalized spacial score (nSPS) is 10.7. The van der Waals surface area contributed by atoms with Crippen LogP contribution in [0.1, 0.15) is 5.56 Å². The summed E-state index contributed by atoms with van der Waals surface area (Å²) in [6.45, 7) is 0.331. The molecule has 0 fully saturated rings. The number of likely N-dealkylation sites (N-methyl/N-ethyl adjacent to an activating group) is 1. The number of aliphatic hydroxyl groups excluding tert-OH is 1. The molecule has 1 N–H and O–H groups in total. The zero-order chi connectivity index (χ0) is 12.0. The van der Waals surface area contributed by atoms with Crippen LogP contribution in [0.3, 0.4) is 0 Å². The van der Waals surface area contributed by atoms with Gasteiger partial charge in [-0.25, -0.2) is 0 Å². The van der Waals surface area contributed by atoms with E-state index < -0.39 is 0 Å². The summed E-state index contributed by atoms with van der Waals surface area (Å²) in [6, 6.07) is 7.67. The molecule has 0 saturated carbocycles. The molecule has 0 bridgehead atoms. The lowest BCUT2D eigenvalue weighted by Gasteiger charge is -2.12. The molecule has 4 heteroatoms. The number of amides is 1. The van der Waals surface area contributed by atoms with E-state index in [4.69, 9.17) is 5.11 Å². The lowest BCUT2D eigenvalue weighted by molar-refractivity contribution is -0.125. The summed E-state index contributed by atoms with van der Waals surface area (Å²) < 4.78 is 1.01. The molecule has 0 aromatic heterocycles. The van der Waals surface area contributed by atoms with E-state index in [0.29, 0.717) is 6.54 Å². The molecule has 1 aromatic rings. The van der Waals surface area contributed by atoms with Crippen LogP contribution in [-0.2, 0) is 4.79 Å². The molecule has 0 saturated heterocycles. The van der Waals surface area contributed by atoms with E-state index in [2.05, 4.69) is 15.9 Å². The van der Waals surface area contributed by atoms with E-state index in [0.717, 1.165) is 10.0 Å². The molecular weight excluding hydrogens is 270 g/mol. The lowest BCUT2D eigenvalue weighted by atomic mass is 10.2. The SMILES string of the molecule is CN(CCO)C(=O)/C=C/c1ccc(Br)cc1. The van der Waals surface area contributed by atoms with Crippen LogP contribution in [0.25, 0.3) is 6.08 Å². The number of nitrogens with zero attached hydrogens (tertiary/aromatic N) is 1. The maximum atomic E-state index is 11.5. The fraction of sp³-hybridized carbons (Fsp3) is 0.250. The summed E-state index contributed by atoms with van der Waals surface area (Å²) in [7, 11) is 1.66. The summed E-state index contributed by atoms with van der Waals surface area (Å²) in [4.78, 5) is 13.0. The highest BCUT2D eigenvalue weighted by atomic mass is 79.9. The topological polar surface area (TPSA) is 40.5 Å². The van der Waals surface area contributed by atoms with Gasteiger partial charge in [0.25, 0.3) is 0 Å². The first-order valence-electron chi connectivity index (χ1n) is 4.93. The van der Waals surface area contributed by atoms with Crippen LogP contribution in [0.4, 0.5) is 0 Å². The molecule has 0 aliphatic carbocycles. The van der Waals surface area contributed by atoms with E-state index in [9.17, 15) is 4.79 Å². The van der Waals surface area contributed by atoms with Crippen LogP contribution in [-0.4, -0.2) is 36.1 Å². The molecular formula is C12H14BrNO2. The molecule has 0 unspecified atom stereocenters. The number of hydrogen-bond donors (Lipinski definition) is 1. The standard InChI is InChI=1S/C12H14BrNO2/c1-14(8-9-15)12(16)7-4-10-2-5-11(13)6-3-10/h2-7,15H,8-9H2,1H3/b7-4+. The third-order valence-corrected chi connectivity index (χ3v) is 2.63. The summed E-state index contributed by atoms with van der Waals surface area (Å²) in [5.41, 5.74) is 0.967. The Kier molecular flexibility index (Phi) is 5.22. The Hall–Kier alpha value is -1.13. The highest BCUT2D eigenvalue weighted by Gasteiger charge is 2.02. The van der Waals surface area contributed by atoms with Gasteiger partial charge in [-0.05, 0) is 23.8 Å². The molecule has 1 rings (SSSR count). The summed E-state index contributed by atoms with van der Waals surface area (Å²) in [6.07, 6.45) is 3.25. The first-order valence-corrected chi connectivity index (χ1v) is 5.72. The molecule has 0 radical (unpaired) electrons. The molecule has 16 heavy (non-hydrogen) atoms. The average molecular weight is 284 g/mol. The minimum atomic E-state index is -0.114. The van der Waals surface area contributed by atoms with Gasteiger partial charge in [0, 0.05) is 24.1 Å². The van der Waals surface area contributed by atoms with E-state index >= 15 is 0 Å². The lowest BCUT2D eigenvalue weighted by Crippen LogP contribution is -2.27. The number of halogens is 1. The van der Waals surface area contributed by atoms with Gasteiger partial charge < -0.3 is 10.0 Å². The smallest absolute Gasteiger partial charge is 0.246 e. The van der Waals surface area contributed by atoms with Crippen molar-refractivity contribution in [1.29, 1.82) is 0 Å². The van der Waals surface area contributed by atoms with Crippen molar-refractivity contribution in [2.75, 3.05) is 20.2 Å². The van der Waals surface area contributed by atoms with Crippen molar-refractivity contribution in [1.82, 2.24) is 4.90 Å². The predicted octanol–water partition coefficient (Wildman–Crippen LogP) is 1.91. The molecule has 0 aliphatic rings. The van der Waals surface area contributed by atoms with Crippen LogP contribution in [0, 0.1) is 0 Å². The Balaban J connectivity index is 2.59. The fourth-order valence-corrected chi connectivity index (χ4v) is 1.39. The Bertz CT molecular complexity index is 373. The third kappa shape index (κ3) is 4.16. The molecule has 1 aromatic carbocycles. The zero-order valence-electron chi connectivity index (χ0n) is 9.06. The van der Waals surface area contributed by atoms with Crippen molar-refractivity contribution in [3.63, 3.8) is 0 Å².